The molecule has 102 valence electrons. The lowest BCUT2D eigenvalue weighted by atomic mass is 10.1. The van der Waals surface area contributed by atoms with Gasteiger partial charge in [-0.2, -0.15) is 0 Å². The van der Waals surface area contributed by atoms with Crippen LogP contribution in [0.2, 0.25) is 0 Å². The number of carbonyl (C=O) groups is 1. The molecule has 0 aromatic rings. The first-order valence-corrected chi connectivity index (χ1v) is 7.11. The smallest absolute Gasteiger partial charge is 0.239 e. The van der Waals surface area contributed by atoms with Crippen molar-refractivity contribution in [3.63, 3.8) is 0 Å². The highest BCUT2D eigenvalue weighted by atomic mass is 16.2. The molecule has 1 N–H and O–H groups in total. The molecule has 17 heavy (non-hydrogen) atoms. The zero-order chi connectivity index (χ0) is 13.1. The van der Waals surface area contributed by atoms with E-state index in [0.717, 1.165) is 13.1 Å². The van der Waals surface area contributed by atoms with E-state index in [9.17, 15) is 4.79 Å². The number of hydrogen-bond acceptors (Lipinski definition) is 2. The van der Waals surface area contributed by atoms with E-state index < -0.39 is 0 Å². The number of rotatable bonds is 10. The highest BCUT2D eigenvalue weighted by Gasteiger charge is 2.14. The van der Waals surface area contributed by atoms with Crippen molar-refractivity contribution in [2.45, 2.75) is 65.3 Å². The average molecular weight is 242 g/mol. The van der Waals surface area contributed by atoms with Gasteiger partial charge in [0.05, 0.1) is 6.04 Å². The maximum absolute atomic E-state index is 11.7. The van der Waals surface area contributed by atoms with Gasteiger partial charge in [0.25, 0.3) is 0 Å². The molecule has 0 aromatic heterocycles. The van der Waals surface area contributed by atoms with Gasteiger partial charge in [-0.15, -0.1) is 0 Å². The molecular weight excluding hydrogens is 212 g/mol. The molecule has 0 saturated carbocycles. The van der Waals surface area contributed by atoms with Gasteiger partial charge < -0.3 is 10.2 Å². The van der Waals surface area contributed by atoms with Crippen molar-refractivity contribution in [3.8, 4) is 0 Å². The molecule has 1 unspecified atom stereocenters. The van der Waals surface area contributed by atoms with Gasteiger partial charge >= 0.3 is 0 Å². The Hall–Kier alpha value is -0.570. The summed E-state index contributed by atoms with van der Waals surface area (Å²) in [6.07, 6.45) is 7.78. The van der Waals surface area contributed by atoms with E-state index in [1.54, 1.807) is 4.90 Å². The Morgan fingerprint density at radius 2 is 1.71 bits per heavy atom. The van der Waals surface area contributed by atoms with Crippen molar-refractivity contribution in [3.05, 3.63) is 0 Å². The largest absolute Gasteiger partial charge is 0.345 e. The Morgan fingerprint density at radius 1 is 1.12 bits per heavy atom. The van der Waals surface area contributed by atoms with E-state index in [4.69, 9.17) is 0 Å². The van der Waals surface area contributed by atoms with Crippen molar-refractivity contribution in [2.75, 3.05) is 20.1 Å². The zero-order valence-electron chi connectivity index (χ0n) is 12.1. The first kappa shape index (κ1) is 16.4. The van der Waals surface area contributed by atoms with Crippen LogP contribution in [0.5, 0.6) is 0 Å². The van der Waals surface area contributed by atoms with Gasteiger partial charge in [-0.25, -0.2) is 0 Å². The normalized spacial score (nSPS) is 12.5. The monoisotopic (exact) mass is 242 g/mol. The van der Waals surface area contributed by atoms with Crippen LogP contribution >= 0.6 is 0 Å². The number of nitrogens with one attached hydrogen (secondary N) is 1. The third-order valence-electron chi connectivity index (χ3n) is 3.20. The minimum absolute atomic E-state index is 0.0457. The first-order chi connectivity index (χ1) is 8.13. The summed E-state index contributed by atoms with van der Waals surface area (Å²) in [5, 5.41) is 3.30. The Balaban J connectivity index is 3.44. The second-order valence-electron chi connectivity index (χ2n) is 4.80. The molecule has 0 aromatic carbocycles. The van der Waals surface area contributed by atoms with Crippen LogP contribution in [0, 0.1) is 0 Å². The number of amides is 1. The summed E-state index contributed by atoms with van der Waals surface area (Å²) < 4.78 is 0. The van der Waals surface area contributed by atoms with Gasteiger partial charge in [0, 0.05) is 13.6 Å². The van der Waals surface area contributed by atoms with Crippen LogP contribution in [0.1, 0.15) is 59.3 Å². The van der Waals surface area contributed by atoms with Crippen LogP contribution in [-0.4, -0.2) is 37.0 Å². The van der Waals surface area contributed by atoms with E-state index in [-0.39, 0.29) is 11.9 Å². The van der Waals surface area contributed by atoms with Crippen molar-refractivity contribution in [1.82, 2.24) is 10.2 Å². The molecule has 0 fully saturated rings. The minimum Gasteiger partial charge on any atom is -0.345 e. The second kappa shape index (κ2) is 10.6. The Labute approximate surface area is 107 Å². The standard InChI is InChI=1S/C14H30N2O/c1-5-7-8-9-10-11-12-15-13(3)14(17)16(4)6-2/h13,15H,5-12H2,1-4H3. The predicted molar refractivity (Wildman–Crippen MR) is 74.2 cm³/mol. The number of unbranched alkanes of at least 4 members (excludes halogenated alkanes) is 5. The average Bonchev–Trinajstić information content (AvgIpc) is 2.35. The maximum atomic E-state index is 11.7. The van der Waals surface area contributed by atoms with Gasteiger partial charge in [-0.1, -0.05) is 39.0 Å². The fraction of sp³-hybridized carbons (Fsp3) is 0.929. The van der Waals surface area contributed by atoms with Gasteiger partial charge in [0.2, 0.25) is 5.91 Å². The number of carbonyl (C=O) groups excluding carboxylic acids is 1. The number of hydrogen-bond donors (Lipinski definition) is 1. The molecule has 0 aliphatic rings. The van der Waals surface area contributed by atoms with Crippen molar-refractivity contribution in [2.24, 2.45) is 0 Å². The van der Waals surface area contributed by atoms with Crippen LogP contribution in [0.15, 0.2) is 0 Å². The number of nitrogens with zero attached hydrogens (tertiary/aromatic N) is 1. The summed E-state index contributed by atoms with van der Waals surface area (Å²) in [5.41, 5.74) is 0. The molecule has 0 heterocycles. The number of likely N-dealkylation sites (N-methyl/N-ethyl adjacent to an activating group) is 1. The highest BCUT2D eigenvalue weighted by Crippen LogP contribution is 2.04. The topological polar surface area (TPSA) is 32.3 Å². The molecule has 0 aliphatic heterocycles. The van der Waals surface area contributed by atoms with Gasteiger partial charge in [0.1, 0.15) is 0 Å². The lowest BCUT2D eigenvalue weighted by Gasteiger charge is -2.20. The van der Waals surface area contributed by atoms with Crippen LogP contribution < -0.4 is 5.32 Å². The summed E-state index contributed by atoms with van der Waals surface area (Å²) in [4.78, 5) is 13.5. The Morgan fingerprint density at radius 3 is 2.29 bits per heavy atom. The zero-order valence-corrected chi connectivity index (χ0v) is 12.1. The molecule has 3 nitrogen and oxygen atoms in total. The summed E-state index contributed by atoms with van der Waals surface area (Å²) in [5.74, 6) is 0.193. The molecule has 0 bridgehead atoms. The van der Waals surface area contributed by atoms with E-state index in [0.29, 0.717) is 0 Å². The van der Waals surface area contributed by atoms with Crippen LogP contribution in [0.25, 0.3) is 0 Å². The summed E-state index contributed by atoms with van der Waals surface area (Å²) in [6, 6.07) is -0.0457. The van der Waals surface area contributed by atoms with Gasteiger partial charge in [0.15, 0.2) is 0 Å². The molecule has 0 saturated heterocycles. The molecule has 0 aliphatic carbocycles. The third-order valence-corrected chi connectivity index (χ3v) is 3.20. The van der Waals surface area contributed by atoms with Gasteiger partial charge in [-0.3, -0.25) is 4.79 Å². The van der Waals surface area contributed by atoms with E-state index in [1.807, 2.05) is 20.9 Å². The molecule has 1 atom stereocenters. The van der Waals surface area contributed by atoms with Crippen LogP contribution in [0.3, 0.4) is 0 Å². The Kier molecular flexibility index (Phi) is 10.2. The lowest BCUT2D eigenvalue weighted by molar-refractivity contribution is -0.131. The molecule has 0 radical (unpaired) electrons. The summed E-state index contributed by atoms with van der Waals surface area (Å²) in [7, 11) is 1.85. The van der Waals surface area contributed by atoms with E-state index in [2.05, 4.69) is 12.2 Å². The SMILES string of the molecule is CCCCCCCCNC(C)C(=O)N(C)CC. The minimum atomic E-state index is -0.0457. The summed E-state index contributed by atoms with van der Waals surface area (Å²) in [6.45, 7) is 7.92. The third kappa shape index (κ3) is 8.19. The fourth-order valence-corrected chi connectivity index (χ4v) is 1.80. The molecule has 0 rings (SSSR count). The van der Waals surface area contributed by atoms with Gasteiger partial charge in [-0.05, 0) is 26.8 Å². The van der Waals surface area contributed by atoms with E-state index >= 15 is 0 Å². The molecule has 0 spiro atoms. The van der Waals surface area contributed by atoms with Crippen molar-refractivity contribution >= 4 is 5.91 Å². The first-order valence-electron chi connectivity index (χ1n) is 7.11. The quantitative estimate of drug-likeness (QED) is 0.597. The predicted octanol–water partition coefficient (Wildman–Crippen LogP) is 2.80. The van der Waals surface area contributed by atoms with Crippen LogP contribution in [0.4, 0.5) is 0 Å². The lowest BCUT2D eigenvalue weighted by Crippen LogP contribution is -2.43. The Bertz CT molecular complexity index is 195. The highest BCUT2D eigenvalue weighted by molar-refractivity contribution is 5.81. The van der Waals surface area contributed by atoms with E-state index in [1.165, 1.54) is 38.5 Å². The van der Waals surface area contributed by atoms with Crippen molar-refractivity contribution < 1.29 is 4.79 Å². The fourth-order valence-electron chi connectivity index (χ4n) is 1.80. The molecule has 1 amide bonds. The molecular formula is C14H30N2O. The summed E-state index contributed by atoms with van der Waals surface area (Å²) >= 11 is 0. The second-order valence-corrected chi connectivity index (χ2v) is 4.80. The maximum Gasteiger partial charge on any atom is 0.239 e. The van der Waals surface area contributed by atoms with Crippen LogP contribution in [-0.2, 0) is 4.79 Å². The van der Waals surface area contributed by atoms with Crippen molar-refractivity contribution in [1.29, 1.82) is 0 Å². The molecule has 3 heteroatoms.